The fraction of sp³-hybridized carbons (Fsp3) is 0.600. The molecule has 1 aromatic rings. The summed E-state index contributed by atoms with van der Waals surface area (Å²) >= 11 is 0. The average Bonchev–Trinajstić information content (AvgIpc) is 3.40. The van der Waals surface area contributed by atoms with E-state index in [1.165, 1.54) is 13.2 Å². The standard InChI is InChI=1S/C30H41NO11/c1-5-17-19(12-24(34)35)18(28(38)39-4)8-9-21(17)40-29-26(36)27(37)30(23(14-33)41-29)13-16-11-20(15(2)3)31-25(16)22(42-30)7-6-10-32/h5,8,11,13,15,17,19,21,23,26-27,29,31-33,36-37H,1,6-7,9-10,12,14H2,2-4H3,(H,34,35)/t17-,19+,21-,23-,26-,27-,29-,30-/m1/s1. The summed E-state index contributed by atoms with van der Waals surface area (Å²) in [6, 6.07) is 1.92. The van der Waals surface area contributed by atoms with Crippen molar-refractivity contribution in [2.75, 3.05) is 20.3 Å². The van der Waals surface area contributed by atoms with Crippen LogP contribution in [0.1, 0.15) is 51.1 Å². The van der Waals surface area contributed by atoms with Gasteiger partial charge in [-0.05, 0) is 30.9 Å². The number of nitrogens with one attached hydrogen (secondary N) is 1. The highest BCUT2D eigenvalue weighted by Gasteiger charge is 2.58. The number of carbonyl (C=O) groups excluding carboxylic acids is 1. The molecule has 1 aromatic heterocycles. The van der Waals surface area contributed by atoms with Crippen molar-refractivity contribution in [2.24, 2.45) is 11.8 Å². The smallest absolute Gasteiger partial charge is 0.333 e. The maximum atomic E-state index is 12.4. The van der Waals surface area contributed by atoms with Gasteiger partial charge in [-0.1, -0.05) is 26.0 Å². The highest BCUT2D eigenvalue weighted by molar-refractivity contribution is 5.90. The van der Waals surface area contributed by atoms with Crippen LogP contribution in [0, 0.1) is 11.8 Å². The van der Waals surface area contributed by atoms with Gasteiger partial charge in [0.15, 0.2) is 11.9 Å². The zero-order chi connectivity index (χ0) is 30.8. The zero-order valence-corrected chi connectivity index (χ0v) is 24.1. The van der Waals surface area contributed by atoms with Gasteiger partial charge in [0.25, 0.3) is 0 Å². The molecule has 1 saturated heterocycles. The van der Waals surface area contributed by atoms with Crippen molar-refractivity contribution in [1.29, 1.82) is 0 Å². The van der Waals surface area contributed by atoms with Crippen LogP contribution in [0.4, 0.5) is 0 Å². The number of aliphatic carboxylic acids is 1. The van der Waals surface area contributed by atoms with E-state index >= 15 is 0 Å². The van der Waals surface area contributed by atoms with E-state index in [0.717, 1.165) is 5.69 Å². The van der Waals surface area contributed by atoms with Gasteiger partial charge < -0.3 is 49.5 Å². The number of carbonyl (C=O) groups is 2. The number of hydrogen-bond acceptors (Lipinski definition) is 10. The summed E-state index contributed by atoms with van der Waals surface area (Å²) in [6.07, 6.45) is -1.45. The lowest BCUT2D eigenvalue weighted by Crippen LogP contribution is -2.69. The highest BCUT2D eigenvalue weighted by Crippen LogP contribution is 2.42. The van der Waals surface area contributed by atoms with Gasteiger partial charge in [0, 0.05) is 41.3 Å². The van der Waals surface area contributed by atoms with E-state index in [1.54, 1.807) is 12.2 Å². The van der Waals surface area contributed by atoms with Crippen LogP contribution in [0.2, 0.25) is 0 Å². The van der Waals surface area contributed by atoms with Crippen LogP contribution in [0.5, 0.6) is 0 Å². The minimum atomic E-state index is -1.67. The first-order valence-corrected chi connectivity index (χ1v) is 14.2. The number of ether oxygens (including phenoxy) is 4. The molecule has 1 spiro atoms. The molecule has 232 valence electrons. The van der Waals surface area contributed by atoms with Crippen LogP contribution in [0.3, 0.4) is 0 Å². The van der Waals surface area contributed by atoms with Gasteiger partial charge >= 0.3 is 11.9 Å². The fourth-order valence-corrected chi connectivity index (χ4v) is 6.10. The van der Waals surface area contributed by atoms with Gasteiger partial charge in [-0.25, -0.2) is 4.79 Å². The second-order valence-electron chi connectivity index (χ2n) is 11.2. The number of esters is 1. The third-order valence-corrected chi connectivity index (χ3v) is 8.31. The summed E-state index contributed by atoms with van der Waals surface area (Å²) in [7, 11) is 1.21. The first-order chi connectivity index (χ1) is 20.0. The lowest BCUT2D eigenvalue weighted by Gasteiger charge is -2.51. The van der Waals surface area contributed by atoms with Crippen LogP contribution in [-0.4, -0.2) is 99.1 Å². The first kappa shape index (κ1) is 31.9. The predicted molar refractivity (Wildman–Crippen MR) is 149 cm³/mol. The Hall–Kier alpha value is -3.00. The lowest BCUT2D eigenvalue weighted by atomic mass is 9.74. The van der Waals surface area contributed by atoms with Crippen molar-refractivity contribution < 1.29 is 54.1 Å². The largest absolute Gasteiger partial charge is 0.481 e. The van der Waals surface area contributed by atoms with Crippen molar-refractivity contribution in [3.8, 4) is 0 Å². The highest BCUT2D eigenvalue weighted by atomic mass is 16.7. The number of carboxylic acid groups (broad SMARTS) is 1. The number of carboxylic acids is 1. The molecule has 0 radical (unpaired) electrons. The minimum Gasteiger partial charge on any atom is -0.481 e. The average molecular weight is 592 g/mol. The molecule has 6 N–H and O–H groups in total. The Kier molecular flexibility index (Phi) is 9.96. The molecule has 0 unspecified atom stereocenters. The van der Waals surface area contributed by atoms with Crippen molar-refractivity contribution in [3.05, 3.63) is 46.6 Å². The topological polar surface area (TPSA) is 188 Å². The number of fused-ring (bicyclic) bond motifs is 1. The molecule has 1 aliphatic carbocycles. The molecule has 0 aromatic carbocycles. The van der Waals surface area contributed by atoms with Crippen molar-refractivity contribution >= 4 is 23.8 Å². The zero-order valence-electron chi connectivity index (χ0n) is 24.1. The summed E-state index contributed by atoms with van der Waals surface area (Å²) in [6.45, 7) is 7.18. The molecule has 12 heteroatoms. The van der Waals surface area contributed by atoms with Crippen LogP contribution < -0.4 is 10.6 Å². The summed E-state index contributed by atoms with van der Waals surface area (Å²) in [5.41, 5.74) is -0.549. The van der Waals surface area contributed by atoms with Gasteiger partial charge in [-0.2, -0.15) is 0 Å². The van der Waals surface area contributed by atoms with E-state index in [2.05, 4.69) is 11.6 Å². The molecule has 4 rings (SSSR count). The third kappa shape index (κ3) is 5.92. The molecular weight excluding hydrogens is 550 g/mol. The van der Waals surface area contributed by atoms with Gasteiger partial charge in [0.05, 0.1) is 31.6 Å². The molecule has 42 heavy (non-hydrogen) atoms. The monoisotopic (exact) mass is 591 g/mol. The van der Waals surface area contributed by atoms with Gasteiger partial charge in [0.1, 0.15) is 24.1 Å². The first-order valence-electron chi connectivity index (χ1n) is 14.2. The van der Waals surface area contributed by atoms with E-state index in [1.807, 2.05) is 19.9 Å². The van der Waals surface area contributed by atoms with E-state index in [9.17, 15) is 35.1 Å². The molecule has 3 heterocycles. The maximum absolute atomic E-state index is 12.4. The van der Waals surface area contributed by atoms with E-state index < -0.39 is 66.7 Å². The van der Waals surface area contributed by atoms with Crippen LogP contribution in [0.15, 0.2) is 30.4 Å². The quantitative estimate of drug-likeness (QED) is 0.148. The second-order valence-corrected chi connectivity index (χ2v) is 11.2. The Bertz CT molecular complexity index is 1310. The number of rotatable bonds is 11. The normalized spacial score (nSPS) is 32.5. The van der Waals surface area contributed by atoms with Gasteiger partial charge in [-0.15, -0.1) is 6.58 Å². The lowest BCUT2D eigenvalue weighted by molar-refractivity contribution is -0.328. The molecule has 0 amide bonds. The summed E-state index contributed by atoms with van der Waals surface area (Å²) in [5.74, 6) is -2.63. The SMILES string of the molecule is C=C[C@@H]1[C@H](CC(=O)O)C(C(=O)OC)=CC[C@H]1O[C@@H]1O[C@H](CO)[C@]2(C=c3cc(C(C)C)[nH]c3=C(CCCO)O2)[C@H](O)[C@H]1O. The second kappa shape index (κ2) is 13.1. The Labute approximate surface area is 243 Å². The molecule has 3 aliphatic rings. The summed E-state index contributed by atoms with van der Waals surface area (Å²) in [5, 5.41) is 53.7. The molecular formula is C30H41NO11. The van der Waals surface area contributed by atoms with E-state index in [-0.39, 0.29) is 30.9 Å². The van der Waals surface area contributed by atoms with Crippen LogP contribution in [0.25, 0.3) is 11.8 Å². The maximum Gasteiger partial charge on any atom is 0.333 e. The van der Waals surface area contributed by atoms with Crippen LogP contribution in [-0.2, 0) is 28.5 Å². The fourth-order valence-electron chi connectivity index (χ4n) is 6.10. The van der Waals surface area contributed by atoms with Crippen molar-refractivity contribution in [3.63, 3.8) is 0 Å². The Morgan fingerprint density at radius 3 is 2.62 bits per heavy atom. The Morgan fingerprint density at radius 2 is 2.02 bits per heavy atom. The molecule has 12 nitrogen and oxygen atoms in total. The van der Waals surface area contributed by atoms with Crippen molar-refractivity contribution in [1.82, 2.24) is 4.98 Å². The van der Waals surface area contributed by atoms with Gasteiger partial charge in [-0.3, -0.25) is 4.79 Å². The van der Waals surface area contributed by atoms with E-state index in [0.29, 0.717) is 29.2 Å². The Balaban J connectivity index is 1.66. The number of aromatic amines is 1. The molecule has 0 bridgehead atoms. The molecule has 0 saturated carbocycles. The number of methoxy groups -OCH3 is 1. The number of hydrogen-bond donors (Lipinski definition) is 6. The number of aromatic nitrogens is 1. The third-order valence-electron chi connectivity index (χ3n) is 8.31. The predicted octanol–water partition coefficient (Wildman–Crippen LogP) is -0.211. The summed E-state index contributed by atoms with van der Waals surface area (Å²) < 4.78 is 23.4. The van der Waals surface area contributed by atoms with Gasteiger partial charge in [0.2, 0.25) is 0 Å². The molecule has 1 fully saturated rings. The molecule has 2 aliphatic heterocycles. The Morgan fingerprint density at radius 1 is 1.29 bits per heavy atom. The van der Waals surface area contributed by atoms with E-state index in [4.69, 9.17) is 18.9 Å². The number of aliphatic hydroxyl groups excluding tert-OH is 4. The van der Waals surface area contributed by atoms with Crippen LogP contribution >= 0.6 is 0 Å². The number of H-pyrrole nitrogens is 1. The van der Waals surface area contributed by atoms with Crippen molar-refractivity contribution in [2.45, 2.75) is 81.8 Å². The summed E-state index contributed by atoms with van der Waals surface area (Å²) in [4.78, 5) is 27.3. The number of aliphatic hydroxyl groups is 4. The minimum absolute atomic E-state index is 0.0848. The molecule has 8 atom stereocenters.